The number of nitro benzene ring substituents is 1. The summed E-state index contributed by atoms with van der Waals surface area (Å²) in [7, 11) is 0. The third-order valence-electron chi connectivity index (χ3n) is 2.66. The maximum atomic E-state index is 11.0. The van der Waals surface area contributed by atoms with Gasteiger partial charge in [-0.15, -0.1) is 0 Å². The maximum Gasteiger partial charge on any atom is 0.311 e. The lowest BCUT2D eigenvalue weighted by Gasteiger charge is -2.07. The first kappa shape index (κ1) is 11.6. The topological polar surface area (TPSA) is 61.0 Å². The highest BCUT2D eigenvalue weighted by molar-refractivity contribution is 6.33. The second-order valence-corrected chi connectivity index (χ2v) is 4.06. The Hall–Kier alpha value is -1.88. The number of nitro groups is 1. The van der Waals surface area contributed by atoms with E-state index < -0.39 is 4.92 Å². The van der Waals surface area contributed by atoms with Gasteiger partial charge in [-0.1, -0.05) is 17.7 Å². The van der Waals surface area contributed by atoms with Crippen LogP contribution in [0.1, 0.15) is 11.4 Å². The lowest BCUT2D eigenvalue weighted by Crippen LogP contribution is -2.01. The van der Waals surface area contributed by atoms with E-state index in [0.717, 1.165) is 11.4 Å². The van der Waals surface area contributed by atoms with E-state index in [9.17, 15) is 10.1 Å². The van der Waals surface area contributed by atoms with Crippen LogP contribution in [0.15, 0.2) is 24.5 Å². The second-order valence-electron chi connectivity index (χ2n) is 3.65. The van der Waals surface area contributed by atoms with Gasteiger partial charge in [-0.05, 0) is 26.0 Å². The van der Waals surface area contributed by atoms with Gasteiger partial charge in [0.1, 0.15) is 10.7 Å². The van der Waals surface area contributed by atoms with Crippen LogP contribution >= 0.6 is 11.6 Å². The van der Waals surface area contributed by atoms with Gasteiger partial charge in [0, 0.05) is 5.69 Å². The summed E-state index contributed by atoms with van der Waals surface area (Å²) in [5, 5.41) is 11.1. The van der Waals surface area contributed by atoms with Crippen LogP contribution in [0.3, 0.4) is 0 Å². The number of benzene rings is 1. The van der Waals surface area contributed by atoms with E-state index in [0.29, 0.717) is 5.69 Å². The lowest BCUT2D eigenvalue weighted by atomic mass is 10.2. The van der Waals surface area contributed by atoms with Gasteiger partial charge in [0.15, 0.2) is 0 Å². The molecule has 17 heavy (non-hydrogen) atoms. The van der Waals surface area contributed by atoms with Gasteiger partial charge in [0.05, 0.1) is 16.9 Å². The van der Waals surface area contributed by atoms with E-state index in [-0.39, 0.29) is 10.7 Å². The molecule has 6 heteroatoms. The van der Waals surface area contributed by atoms with Gasteiger partial charge in [-0.25, -0.2) is 4.98 Å². The predicted octanol–water partition coefficient (Wildman–Crippen LogP) is 3.05. The van der Waals surface area contributed by atoms with Crippen LogP contribution in [0, 0.1) is 24.0 Å². The molecule has 1 aromatic carbocycles. The molecule has 88 valence electrons. The molecule has 0 radical (unpaired) electrons. The molecule has 0 aliphatic heterocycles. The molecule has 2 aromatic rings. The van der Waals surface area contributed by atoms with Crippen molar-refractivity contribution in [2.75, 3.05) is 0 Å². The number of aromatic nitrogens is 2. The van der Waals surface area contributed by atoms with Crippen LogP contribution in [0.2, 0.25) is 5.02 Å². The fraction of sp³-hybridized carbons (Fsp3) is 0.182. The van der Waals surface area contributed by atoms with E-state index in [1.165, 1.54) is 6.07 Å². The molecule has 0 spiro atoms. The van der Waals surface area contributed by atoms with E-state index in [1.54, 1.807) is 23.0 Å². The third-order valence-corrected chi connectivity index (χ3v) is 2.96. The van der Waals surface area contributed by atoms with Gasteiger partial charge in [0.25, 0.3) is 0 Å². The van der Waals surface area contributed by atoms with Crippen molar-refractivity contribution in [3.63, 3.8) is 0 Å². The number of hydrogen-bond donors (Lipinski definition) is 0. The van der Waals surface area contributed by atoms with Crippen molar-refractivity contribution >= 4 is 17.3 Å². The van der Waals surface area contributed by atoms with E-state index >= 15 is 0 Å². The van der Waals surface area contributed by atoms with Crippen molar-refractivity contribution in [3.05, 3.63) is 51.1 Å². The lowest BCUT2D eigenvalue weighted by molar-refractivity contribution is -0.384. The fourth-order valence-corrected chi connectivity index (χ4v) is 1.86. The number of halogens is 1. The number of para-hydroxylation sites is 1. The molecule has 5 nitrogen and oxygen atoms in total. The number of rotatable bonds is 2. The number of nitrogens with zero attached hydrogens (tertiary/aromatic N) is 3. The Morgan fingerprint density at radius 3 is 2.65 bits per heavy atom. The summed E-state index contributed by atoms with van der Waals surface area (Å²) in [6.45, 7) is 3.70. The first-order valence-electron chi connectivity index (χ1n) is 4.96. The van der Waals surface area contributed by atoms with Gasteiger partial charge in [0.2, 0.25) is 0 Å². The summed E-state index contributed by atoms with van der Waals surface area (Å²) in [5.74, 6) is 0. The van der Waals surface area contributed by atoms with Crippen molar-refractivity contribution in [1.29, 1.82) is 0 Å². The van der Waals surface area contributed by atoms with E-state index in [1.807, 2.05) is 13.8 Å². The average molecular weight is 252 g/mol. The summed E-state index contributed by atoms with van der Waals surface area (Å²) in [5.41, 5.74) is 2.02. The molecule has 0 aliphatic carbocycles. The third kappa shape index (κ3) is 1.89. The van der Waals surface area contributed by atoms with Gasteiger partial charge in [-0.2, -0.15) is 0 Å². The molecule has 1 heterocycles. The summed E-state index contributed by atoms with van der Waals surface area (Å²) in [6.07, 6.45) is 1.56. The zero-order valence-corrected chi connectivity index (χ0v) is 10.1. The fourth-order valence-electron chi connectivity index (χ4n) is 1.62. The first-order valence-corrected chi connectivity index (χ1v) is 5.34. The van der Waals surface area contributed by atoms with Crippen molar-refractivity contribution in [2.24, 2.45) is 0 Å². The minimum Gasteiger partial charge on any atom is -0.297 e. The Morgan fingerprint density at radius 1 is 1.41 bits per heavy atom. The molecule has 2 rings (SSSR count). The molecule has 0 fully saturated rings. The molecule has 0 N–H and O–H groups in total. The maximum absolute atomic E-state index is 11.0. The normalized spacial score (nSPS) is 10.5. The quantitative estimate of drug-likeness (QED) is 0.609. The standard InChI is InChI=1S/C11H10ClN3O2/c1-7-8(2)14(6-13-7)10-5-3-4-9(12)11(10)15(16)17/h3-6H,1-2H3. The van der Waals surface area contributed by atoms with Crippen LogP contribution in [-0.4, -0.2) is 14.5 Å². The Kier molecular flexibility index (Phi) is 2.85. The summed E-state index contributed by atoms with van der Waals surface area (Å²) in [4.78, 5) is 14.7. The predicted molar refractivity (Wildman–Crippen MR) is 64.7 cm³/mol. The highest BCUT2D eigenvalue weighted by Gasteiger charge is 2.20. The minimum atomic E-state index is -0.480. The van der Waals surface area contributed by atoms with Crippen LogP contribution in [0.5, 0.6) is 0 Å². The first-order chi connectivity index (χ1) is 8.02. The minimum absolute atomic E-state index is 0.102. The Morgan fingerprint density at radius 2 is 2.12 bits per heavy atom. The molecule has 0 atom stereocenters. The van der Waals surface area contributed by atoms with Crippen LogP contribution in [-0.2, 0) is 0 Å². The summed E-state index contributed by atoms with van der Waals surface area (Å²) < 4.78 is 1.67. The van der Waals surface area contributed by atoms with Crippen molar-refractivity contribution in [3.8, 4) is 5.69 Å². The summed E-state index contributed by atoms with van der Waals surface area (Å²) >= 11 is 5.86. The number of hydrogen-bond acceptors (Lipinski definition) is 3. The van der Waals surface area contributed by atoms with Gasteiger partial charge in [-0.3, -0.25) is 14.7 Å². The van der Waals surface area contributed by atoms with E-state index in [4.69, 9.17) is 11.6 Å². The molecule has 0 amide bonds. The smallest absolute Gasteiger partial charge is 0.297 e. The van der Waals surface area contributed by atoms with Crippen molar-refractivity contribution in [2.45, 2.75) is 13.8 Å². The molecule has 0 unspecified atom stereocenters. The molecular weight excluding hydrogens is 242 g/mol. The van der Waals surface area contributed by atoms with Gasteiger partial charge >= 0.3 is 5.69 Å². The average Bonchev–Trinajstić information content (AvgIpc) is 2.59. The molecule has 1 aromatic heterocycles. The second kappa shape index (κ2) is 4.18. The van der Waals surface area contributed by atoms with Crippen LogP contribution < -0.4 is 0 Å². The zero-order chi connectivity index (χ0) is 12.6. The molecule has 0 saturated heterocycles. The zero-order valence-electron chi connectivity index (χ0n) is 9.35. The largest absolute Gasteiger partial charge is 0.311 e. The monoisotopic (exact) mass is 251 g/mol. The Balaban J connectivity index is 2.72. The molecule has 0 aliphatic rings. The number of imidazole rings is 1. The molecular formula is C11H10ClN3O2. The Labute approximate surface area is 103 Å². The SMILES string of the molecule is Cc1ncn(-c2cccc(Cl)c2[N+](=O)[O-])c1C. The van der Waals surface area contributed by atoms with Crippen LogP contribution in [0.25, 0.3) is 5.69 Å². The molecule has 0 bridgehead atoms. The van der Waals surface area contributed by atoms with Gasteiger partial charge < -0.3 is 0 Å². The van der Waals surface area contributed by atoms with Crippen molar-refractivity contribution in [1.82, 2.24) is 9.55 Å². The van der Waals surface area contributed by atoms with Crippen LogP contribution in [0.4, 0.5) is 5.69 Å². The Bertz CT molecular complexity index is 592. The van der Waals surface area contributed by atoms with E-state index in [2.05, 4.69) is 4.98 Å². The van der Waals surface area contributed by atoms with Crippen molar-refractivity contribution < 1.29 is 4.92 Å². The molecule has 0 saturated carbocycles. The highest BCUT2D eigenvalue weighted by atomic mass is 35.5. The number of aryl methyl sites for hydroxylation is 1. The summed E-state index contributed by atoms with van der Waals surface area (Å²) in [6, 6.07) is 4.83. The highest BCUT2D eigenvalue weighted by Crippen LogP contribution is 2.31.